The lowest BCUT2D eigenvalue weighted by atomic mass is 9.84. The minimum absolute atomic E-state index is 0.00318. The monoisotopic (exact) mass is 286 g/mol. The Hall–Kier alpha value is -1.81. The summed E-state index contributed by atoms with van der Waals surface area (Å²) in [6, 6.07) is 8.00. The Bertz CT molecular complexity index is 533. The molecule has 1 atom stereocenters. The van der Waals surface area contributed by atoms with Crippen LogP contribution in [0.1, 0.15) is 18.4 Å². The van der Waals surface area contributed by atoms with Crippen molar-refractivity contribution in [1.29, 1.82) is 0 Å². The van der Waals surface area contributed by atoms with Gasteiger partial charge in [0.1, 0.15) is 5.75 Å². The molecule has 0 aliphatic carbocycles. The highest BCUT2D eigenvalue weighted by atomic mass is 16.5. The molecule has 3 aliphatic rings. The van der Waals surface area contributed by atoms with Crippen molar-refractivity contribution >= 4 is 12.0 Å². The molecule has 3 heterocycles. The van der Waals surface area contributed by atoms with Crippen molar-refractivity contribution in [2.24, 2.45) is 5.92 Å². The molecular weight excluding hydrogens is 264 g/mol. The van der Waals surface area contributed by atoms with E-state index in [2.05, 4.69) is 10.2 Å². The normalized spacial score (nSPS) is 27.8. The molecule has 21 heavy (non-hydrogen) atoms. The first-order chi connectivity index (χ1) is 10.2. The first kappa shape index (κ1) is 14.1. The molecule has 1 aromatic rings. The van der Waals surface area contributed by atoms with Gasteiger partial charge < -0.3 is 15.0 Å². The fraction of sp³-hybridized carbons (Fsp3) is 0.471. The zero-order chi connectivity index (χ0) is 14.7. The maximum Gasteiger partial charge on any atom is 0.244 e. The van der Waals surface area contributed by atoms with Crippen LogP contribution in [0.15, 0.2) is 30.3 Å². The van der Waals surface area contributed by atoms with E-state index < -0.39 is 0 Å². The van der Waals surface area contributed by atoms with Gasteiger partial charge in [-0.15, -0.1) is 0 Å². The second kappa shape index (κ2) is 6.31. The lowest BCUT2D eigenvalue weighted by Crippen LogP contribution is -2.57. The van der Waals surface area contributed by atoms with E-state index in [0.29, 0.717) is 12.0 Å². The summed E-state index contributed by atoms with van der Waals surface area (Å²) in [6.07, 6.45) is 5.88. The number of amides is 1. The Morgan fingerprint density at radius 3 is 2.86 bits per heavy atom. The number of benzene rings is 1. The van der Waals surface area contributed by atoms with Gasteiger partial charge in [0, 0.05) is 18.7 Å². The minimum Gasteiger partial charge on any atom is -0.497 e. The maximum atomic E-state index is 12.1. The summed E-state index contributed by atoms with van der Waals surface area (Å²) in [5.41, 5.74) is 0.971. The third-order valence-corrected chi connectivity index (χ3v) is 4.50. The van der Waals surface area contributed by atoms with E-state index in [0.717, 1.165) is 17.9 Å². The van der Waals surface area contributed by atoms with Crippen molar-refractivity contribution < 1.29 is 9.53 Å². The second-order valence-corrected chi connectivity index (χ2v) is 5.86. The highest BCUT2D eigenvalue weighted by molar-refractivity contribution is 5.92. The molecule has 3 aliphatic heterocycles. The summed E-state index contributed by atoms with van der Waals surface area (Å²) < 4.78 is 5.18. The number of nitrogens with zero attached hydrogens (tertiary/aromatic N) is 1. The molecule has 3 fully saturated rings. The highest BCUT2D eigenvalue weighted by Crippen LogP contribution is 2.27. The predicted molar refractivity (Wildman–Crippen MR) is 83.1 cm³/mol. The van der Waals surface area contributed by atoms with E-state index in [1.807, 2.05) is 30.3 Å². The van der Waals surface area contributed by atoms with Gasteiger partial charge in [-0.2, -0.15) is 0 Å². The number of rotatable bonds is 4. The molecule has 0 saturated carbocycles. The average molecular weight is 286 g/mol. The molecule has 3 saturated heterocycles. The number of hydrogen-bond acceptors (Lipinski definition) is 3. The number of fused-ring (bicyclic) bond motifs is 3. The van der Waals surface area contributed by atoms with Crippen molar-refractivity contribution in [2.75, 3.05) is 26.7 Å². The van der Waals surface area contributed by atoms with Gasteiger partial charge in [0.15, 0.2) is 0 Å². The van der Waals surface area contributed by atoms with Crippen LogP contribution in [-0.2, 0) is 4.79 Å². The quantitative estimate of drug-likeness (QED) is 0.860. The van der Waals surface area contributed by atoms with Crippen molar-refractivity contribution in [3.8, 4) is 5.75 Å². The number of carbonyl (C=O) groups is 1. The largest absolute Gasteiger partial charge is 0.497 e. The van der Waals surface area contributed by atoms with Crippen molar-refractivity contribution in [3.05, 3.63) is 35.9 Å². The van der Waals surface area contributed by atoms with Crippen molar-refractivity contribution in [2.45, 2.75) is 18.9 Å². The predicted octanol–water partition coefficient (Wildman–Crippen LogP) is 1.92. The summed E-state index contributed by atoms with van der Waals surface area (Å²) in [5, 5.41) is 3.15. The van der Waals surface area contributed by atoms with Crippen LogP contribution in [0, 0.1) is 5.92 Å². The molecule has 0 aromatic heterocycles. The van der Waals surface area contributed by atoms with E-state index in [1.165, 1.54) is 25.9 Å². The topological polar surface area (TPSA) is 41.6 Å². The third kappa shape index (κ3) is 3.45. The van der Waals surface area contributed by atoms with Crippen LogP contribution in [-0.4, -0.2) is 43.6 Å². The number of nitrogens with one attached hydrogen (secondary N) is 1. The minimum atomic E-state index is -0.00318. The number of carbonyl (C=O) groups excluding carboxylic acids is 1. The molecule has 4 rings (SSSR count). The van der Waals surface area contributed by atoms with Gasteiger partial charge in [0.25, 0.3) is 0 Å². The molecule has 0 radical (unpaired) electrons. The van der Waals surface area contributed by atoms with Crippen molar-refractivity contribution in [1.82, 2.24) is 10.2 Å². The van der Waals surface area contributed by atoms with Gasteiger partial charge in [0.05, 0.1) is 7.11 Å². The summed E-state index contributed by atoms with van der Waals surface area (Å²) in [5.74, 6) is 1.45. The van der Waals surface area contributed by atoms with Gasteiger partial charge in [-0.05, 0) is 55.6 Å². The smallest absolute Gasteiger partial charge is 0.244 e. The van der Waals surface area contributed by atoms with Gasteiger partial charge in [0.2, 0.25) is 5.91 Å². The Balaban J connectivity index is 1.57. The van der Waals surface area contributed by atoms with Gasteiger partial charge >= 0.3 is 0 Å². The molecular formula is C17H22N2O2. The van der Waals surface area contributed by atoms with Crippen LogP contribution in [0.25, 0.3) is 6.08 Å². The SMILES string of the molecule is COc1cccc(C=CC(=O)N[C@H]2CN3CCC2CC3)c1. The van der Waals surface area contributed by atoms with Crippen LogP contribution >= 0.6 is 0 Å². The fourth-order valence-corrected chi connectivity index (χ4v) is 3.28. The first-order valence-corrected chi connectivity index (χ1v) is 7.59. The maximum absolute atomic E-state index is 12.1. The summed E-state index contributed by atoms with van der Waals surface area (Å²) in [4.78, 5) is 14.5. The van der Waals surface area contributed by atoms with Crippen LogP contribution in [0.3, 0.4) is 0 Å². The Kier molecular flexibility index (Phi) is 4.25. The second-order valence-electron chi connectivity index (χ2n) is 5.86. The van der Waals surface area contributed by atoms with E-state index >= 15 is 0 Å². The standard InChI is InChI=1S/C17H22N2O2/c1-21-15-4-2-3-13(11-15)5-6-17(20)18-16-12-19-9-7-14(16)8-10-19/h2-6,11,14,16H,7-10,12H2,1H3,(H,18,20)/t16-/m0/s1. The van der Waals surface area contributed by atoms with Gasteiger partial charge in [-0.1, -0.05) is 12.1 Å². The molecule has 4 heteroatoms. The molecule has 0 spiro atoms. The molecule has 1 N–H and O–H groups in total. The molecule has 4 nitrogen and oxygen atoms in total. The van der Waals surface area contributed by atoms with E-state index in [9.17, 15) is 4.79 Å². The Morgan fingerprint density at radius 2 is 2.19 bits per heavy atom. The van der Waals surface area contributed by atoms with Gasteiger partial charge in [-0.25, -0.2) is 0 Å². The molecule has 1 aromatic carbocycles. The highest BCUT2D eigenvalue weighted by Gasteiger charge is 2.34. The zero-order valence-electron chi connectivity index (χ0n) is 12.4. The lowest BCUT2D eigenvalue weighted by Gasteiger charge is -2.44. The molecule has 0 unspecified atom stereocenters. The zero-order valence-corrected chi connectivity index (χ0v) is 12.4. The van der Waals surface area contributed by atoms with Crippen LogP contribution in [0.4, 0.5) is 0 Å². The number of methoxy groups -OCH3 is 1. The number of ether oxygens (including phenoxy) is 1. The van der Waals surface area contributed by atoms with Crippen molar-refractivity contribution in [3.63, 3.8) is 0 Å². The Morgan fingerprint density at radius 1 is 1.38 bits per heavy atom. The van der Waals surface area contributed by atoms with Crippen LogP contribution in [0.2, 0.25) is 0 Å². The van der Waals surface area contributed by atoms with E-state index in [-0.39, 0.29) is 5.91 Å². The van der Waals surface area contributed by atoms with Gasteiger partial charge in [-0.3, -0.25) is 4.79 Å². The first-order valence-electron chi connectivity index (χ1n) is 7.59. The number of hydrogen-bond donors (Lipinski definition) is 1. The molecule has 1 amide bonds. The Labute approximate surface area is 125 Å². The van der Waals surface area contributed by atoms with Crippen LogP contribution in [0.5, 0.6) is 5.75 Å². The van der Waals surface area contributed by atoms with Crippen LogP contribution < -0.4 is 10.1 Å². The van der Waals surface area contributed by atoms with E-state index in [4.69, 9.17) is 4.74 Å². The average Bonchev–Trinajstić information content (AvgIpc) is 2.54. The fourth-order valence-electron chi connectivity index (χ4n) is 3.28. The third-order valence-electron chi connectivity index (χ3n) is 4.50. The van der Waals surface area contributed by atoms with E-state index in [1.54, 1.807) is 13.2 Å². The lowest BCUT2D eigenvalue weighted by molar-refractivity contribution is -0.118. The number of piperidine rings is 3. The molecule has 2 bridgehead atoms. The summed E-state index contributed by atoms with van der Waals surface area (Å²) in [7, 11) is 1.64. The molecule has 112 valence electrons. The summed E-state index contributed by atoms with van der Waals surface area (Å²) in [6.45, 7) is 3.39. The summed E-state index contributed by atoms with van der Waals surface area (Å²) >= 11 is 0.